The molecule has 1 aromatic rings. The number of rotatable bonds is 4. The highest BCUT2D eigenvalue weighted by Crippen LogP contribution is 2.15. The van der Waals surface area contributed by atoms with Gasteiger partial charge in [0.1, 0.15) is 0 Å². The van der Waals surface area contributed by atoms with Gasteiger partial charge in [0, 0.05) is 26.1 Å². The summed E-state index contributed by atoms with van der Waals surface area (Å²) in [5, 5.41) is 2.48. The van der Waals surface area contributed by atoms with Crippen LogP contribution in [-0.4, -0.2) is 29.8 Å². The summed E-state index contributed by atoms with van der Waals surface area (Å²) in [7, 11) is 0. The zero-order valence-corrected chi connectivity index (χ0v) is 9.74. The Morgan fingerprint density at radius 3 is 2.44 bits per heavy atom. The molecule has 0 aliphatic heterocycles. The fourth-order valence-corrected chi connectivity index (χ4v) is 1.36. The van der Waals surface area contributed by atoms with E-state index < -0.39 is 0 Å². The molecule has 1 N–H and O–H groups in total. The van der Waals surface area contributed by atoms with E-state index in [9.17, 15) is 9.59 Å². The molecule has 88 valence electrons. The van der Waals surface area contributed by atoms with Crippen LogP contribution in [0.4, 0.5) is 5.88 Å². The van der Waals surface area contributed by atoms with Gasteiger partial charge < -0.3 is 9.32 Å². The fourth-order valence-electron chi connectivity index (χ4n) is 1.36. The lowest BCUT2D eigenvalue weighted by Crippen LogP contribution is -2.30. The van der Waals surface area contributed by atoms with Gasteiger partial charge in [-0.1, -0.05) is 0 Å². The topological polar surface area (TPSA) is 62.6 Å². The van der Waals surface area contributed by atoms with Crippen molar-refractivity contribution in [3.63, 3.8) is 0 Å². The second-order valence-corrected chi connectivity index (χ2v) is 3.32. The van der Waals surface area contributed by atoms with Crippen molar-refractivity contribution in [3.8, 4) is 0 Å². The molecule has 0 aliphatic carbocycles. The van der Waals surface area contributed by atoms with E-state index in [2.05, 4.69) is 5.32 Å². The van der Waals surface area contributed by atoms with E-state index in [1.165, 1.54) is 6.92 Å². The molecule has 0 aliphatic rings. The van der Waals surface area contributed by atoms with Crippen LogP contribution in [0.25, 0.3) is 0 Å². The standard InChI is InChI=1S/C11H16N2O3/c1-4-13(5-2)11(15)9-6-7-10(16-9)12-8(3)14/h6-7H,4-5H2,1-3H3,(H,12,14). The smallest absolute Gasteiger partial charge is 0.289 e. The van der Waals surface area contributed by atoms with Crippen molar-refractivity contribution in [2.75, 3.05) is 18.4 Å². The van der Waals surface area contributed by atoms with Crippen LogP contribution in [0.2, 0.25) is 0 Å². The first-order valence-electron chi connectivity index (χ1n) is 5.25. The highest BCUT2D eigenvalue weighted by molar-refractivity contribution is 5.93. The number of hydrogen-bond acceptors (Lipinski definition) is 3. The van der Waals surface area contributed by atoms with Crippen LogP contribution in [0.5, 0.6) is 0 Å². The Labute approximate surface area is 94.4 Å². The first kappa shape index (κ1) is 12.3. The van der Waals surface area contributed by atoms with Gasteiger partial charge in [0.25, 0.3) is 5.91 Å². The van der Waals surface area contributed by atoms with E-state index in [4.69, 9.17) is 4.42 Å². The lowest BCUT2D eigenvalue weighted by atomic mass is 10.3. The summed E-state index contributed by atoms with van der Waals surface area (Å²) < 4.78 is 5.22. The molecule has 0 unspecified atom stereocenters. The van der Waals surface area contributed by atoms with Crippen molar-refractivity contribution >= 4 is 17.7 Å². The van der Waals surface area contributed by atoms with Crippen LogP contribution in [0, 0.1) is 0 Å². The molecule has 0 bridgehead atoms. The number of furan rings is 1. The van der Waals surface area contributed by atoms with Crippen molar-refractivity contribution < 1.29 is 14.0 Å². The summed E-state index contributed by atoms with van der Waals surface area (Å²) in [5.41, 5.74) is 0. The normalized spacial score (nSPS) is 9.94. The molecule has 0 saturated carbocycles. The van der Waals surface area contributed by atoms with Crippen molar-refractivity contribution in [2.24, 2.45) is 0 Å². The maximum atomic E-state index is 11.8. The van der Waals surface area contributed by atoms with Gasteiger partial charge in [0.2, 0.25) is 5.91 Å². The Kier molecular flexibility index (Phi) is 4.10. The van der Waals surface area contributed by atoms with Crippen LogP contribution < -0.4 is 5.32 Å². The average molecular weight is 224 g/mol. The summed E-state index contributed by atoms with van der Waals surface area (Å²) in [6.07, 6.45) is 0. The molecule has 1 aromatic heterocycles. The fraction of sp³-hybridized carbons (Fsp3) is 0.455. The van der Waals surface area contributed by atoms with Gasteiger partial charge in [-0.05, 0) is 19.9 Å². The number of nitrogens with zero attached hydrogens (tertiary/aromatic N) is 1. The number of nitrogens with one attached hydrogen (secondary N) is 1. The van der Waals surface area contributed by atoms with Crippen LogP contribution in [0.3, 0.4) is 0 Å². The average Bonchev–Trinajstić information content (AvgIpc) is 2.67. The number of carbonyl (C=O) groups is 2. The van der Waals surface area contributed by atoms with E-state index in [-0.39, 0.29) is 17.6 Å². The monoisotopic (exact) mass is 224 g/mol. The molecular weight excluding hydrogens is 208 g/mol. The van der Waals surface area contributed by atoms with Crippen LogP contribution in [-0.2, 0) is 4.79 Å². The number of anilines is 1. The maximum absolute atomic E-state index is 11.8. The number of carbonyl (C=O) groups excluding carboxylic acids is 2. The highest BCUT2D eigenvalue weighted by atomic mass is 16.4. The van der Waals surface area contributed by atoms with E-state index >= 15 is 0 Å². The zero-order valence-electron chi connectivity index (χ0n) is 9.74. The first-order valence-corrected chi connectivity index (χ1v) is 5.25. The largest absolute Gasteiger partial charge is 0.435 e. The SMILES string of the molecule is CCN(CC)C(=O)c1ccc(NC(C)=O)o1. The van der Waals surface area contributed by atoms with Gasteiger partial charge in [-0.2, -0.15) is 0 Å². The molecule has 0 saturated heterocycles. The summed E-state index contributed by atoms with van der Waals surface area (Å²) in [6.45, 7) is 6.45. The van der Waals surface area contributed by atoms with Gasteiger partial charge in [-0.3, -0.25) is 14.9 Å². The van der Waals surface area contributed by atoms with E-state index in [1.54, 1.807) is 17.0 Å². The van der Waals surface area contributed by atoms with Crippen molar-refractivity contribution in [1.82, 2.24) is 4.90 Å². The summed E-state index contributed by atoms with van der Waals surface area (Å²) in [5.74, 6) is 0.147. The summed E-state index contributed by atoms with van der Waals surface area (Å²) in [4.78, 5) is 24.2. The molecule has 5 heteroatoms. The molecule has 0 atom stereocenters. The van der Waals surface area contributed by atoms with Gasteiger partial charge in [0.05, 0.1) is 0 Å². The van der Waals surface area contributed by atoms with Crippen molar-refractivity contribution in [1.29, 1.82) is 0 Å². The predicted molar refractivity (Wildman–Crippen MR) is 60.3 cm³/mol. The Bertz CT molecular complexity index is 380. The minimum atomic E-state index is -0.226. The third kappa shape index (κ3) is 2.85. The quantitative estimate of drug-likeness (QED) is 0.847. The van der Waals surface area contributed by atoms with Gasteiger partial charge >= 0.3 is 0 Å². The molecule has 0 fully saturated rings. The lowest BCUT2D eigenvalue weighted by Gasteiger charge is -2.16. The summed E-state index contributed by atoms with van der Waals surface area (Å²) in [6, 6.07) is 3.13. The molecule has 0 spiro atoms. The third-order valence-electron chi connectivity index (χ3n) is 2.17. The molecule has 1 heterocycles. The second-order valence-electron chi connectivity index (χ2n) is 3.32. The van der Waals surface area contributed by atoms with E-state index in [0.717, 1.165) is 0 Å². The predicted octanol–water partition coefficient (Wildman–Crippen LogP) is 1.72. The molecule has 0 radical (unpaired) electrons. The Morgan fingerprint density at radius 2 is 1.94 bits per heavy atom. The minimum Gasteiger partial charge on any atom is -0.435 e. The summed E-state index contributed by atoms with van der Waals surface area (Å²) >= 11 is 0. The molecule has 16 heavy (non-hydrogen) atoms. The Hall–Kier alpha value is -1.78. The molecular formula is C11H16N2O3. The van der Waals surface area contributed by atoms with E-state index in [1.807, 2.05) is 13.8 Å². The lowest BCUT2D eigenvalue weighted by molar-refractivity contribution is -0.114. The molecule has 0 aromatic carbocycles. The number of hydrogen-bond donors (Lipinski definition) is 1. The molecule has 5 nitrogen and oxygen atoms in total. The van der Waals surface area contributed by atoms with Crippen molar-refractivity contribution in [2.45, 2.75) is 20.8 Å². The van der Waals surface area contributed by atoms with Crippen LogP contribution in [0.1, 0.15) is 31.3 Å². The van der Waals surface area contributed by atoms with Gasteiger partial charge in [-0.25, -0.2) is 0 Å². The Balaban J connectivity index is 2.77. The van der Waals surface area contributed by atoms with Crippen molar-refractivity contribution in [3.05, 3.63) is 17.9 Å². The Morgan fingerprint density at radius 1 is 1.31 bits per heavy atom. The highest BCUT2D eigenvalue weighted by Gasteiger charge is 2.16. The second kappa shape index (κ2) is 5.34. The van der Waals surface area contributed by atoms with Gasteiger partial charge in [0.15, 0.2) is 11.6 Å². The molecule has 1 rings (SSSR count). The van der Waals surface area contributed by atoms with Gasteiger partial charge in [-0.15, -0.1) is 0 Å². The minimum absolute atomic E-state index is 0.165. The van der Waals surface area contributed by atoms with Crippen LogP contribution in [0.15, 0.2) is 16.5 Å². The van der Waals surface area contributed by atoms with E-state index in [0.29, 0.717) is 19.0 Å². The molecule has 2 amide bonds. The number of amides is 2. The maximum Gasteiger partial charge on any atom is 0.289 e. The van der Waals surface area contributed by atoms with Crippen LogP contribution >= 0.6 is 0 Å². The zero-order chi connectivity index (χ0) is 12.1. The third-order valence-corrected chi connectivity index (χ3v) is 2.17. The first-order chi connectivity index (χ1) is 7.58.